The highest BCUT2D eigenvalue weighted by Gasteiger charge is 2.36. The first kappa shape index (κ1) is 10.7. The van der Waals surface area contributed by atoms with E-state index in [0.717, 1.165) is 6.04 Å². The van der Waals surface area contributed by atoms with Gasteiger partial charge in [0.25, 0.3) is 0 Å². The molecule has 0 spiro atoms. The molecular formula is C10H21N3S. The molecule has 4 heteroatoms. The van der Waals surface area contributed by atoms with Crippen LogP contribution in [-0.4, -0.2) is 53.3 Å². The molecule has 0 aliphatic carbocycles. The van der Waals surface area contributed by atoms with Crippen molar-refractivity contribution >= 4 is 11.9 Å². The molecule has 82 valence electrons. The van der Waals surface area contributed by atoms with Crippen molar-refractivity contribution in [1.82, 2.24) is 9.80 Å². The maximum Gasteiger partial charge on any atom is 0.0351 e. The van der Waals surface area contributed by atoms with E-state index < -0.39 is 0 Å². The molecule has 0 aromatic carbocycles. The van der Waals surface area contributed by atoms with Gasteiger partial charge in [-0.15, -0.1) is 0 Å². The second-order valence-corrected chi connectivity index (χ2v) is 5.68. The van der Waals surface area contributed by atoms with Gasteiger partial charge in [0.1, 0.15) is 0 Å². The molecule has 2 aliphatic rings. The summed E-state index contributed by atoms with van der Waals surface area (Å²) in [6, 6.07) is 1.53. The predicted molar refractivity (Wildman–Crippen MR) is 62.3 cm³/mol. The summed E-state index contributed by atoms with van der Waals surface area (Å²) < 4.78 is 0. The predicted octanol–water partition coefficient (Wildman–Crippen LogP) is 0.760. The first-order chi connectivity index (χ1) is 6.70. The van der Waals surface area contributed by atoms with Gasteiger partial charge in [-0.05, 0) is 26.8 Å². The number of nitrogens with two attached hydrogens (primary N) is 1. The van der Waals surface area contributed by atoms with Gasteiger partial charge in [-0.2, -0.15) is 0 Å². The summed E-state index contributed by atoms with van der Waals surface area (Å²) in [6.07, 6.45) is 1.28. The van der Waals surface area contributed by atoms with Gasteiger partial charge in [0.05, 0.1) is 0 Å². The molecule has 2 fully saturated rings. The molecule has 0 aromatic rings. The molecule has 14 heavy (non-hydrogen) atoms. The van der Waals surface area contributed by atoms with E-state index in [0.29, 0.717) is 11.3 Å². The second-order valence-electron chi connectivity index (χ2n) is 4.74. The number of likely N-dealkylation sites (tertiary alicyclic amines) is 2. The molecule has 1 atom stereocenters. The van der Waals surface area contributed by atoms with E-state index in [1.807, 2.05) is 0 Å². The standard InChI is InChI=1S/C10H21N3S/c1-8(2)13-5-9(6-13)12-4-3-10(7-12)14-11/h8-10H,3-7,11H2,1-2H3. The zero-order valence-corrected chi connectivity index (χ0v) is 9.96. The quantitative estimate of drug-likeness (QED) is 0.705. The molecule has 2 rings (SSSR count). The third-order valence-corrected chi connectivity index (χ3v) is 4.28. The molecule has 0 saturated carbocycles. The summed E-state index contributed by atoms with van der Waals surface area (Å²) in [7, 11) is 0. The Hall–Kier alpha value is 0.230. The van der Waals surface area contributed by atoms with Crippen molar-refractivity contribution in [2.24, 2.45) is 5.14 Å². The Morgan fingerprint density at radius 3 is 2.50 bits per heavy atom. The fraction of sp³-hybridized carbons (Fsp3) is 1.00. The van der Waals surface area contributed by atoms with Crippen molar-refractivity contribution in [3.63, 3.8) is 0 Å². The summed E-state index contributed by atoms with van der Waals surface area (Å²) in [4.78, 5) is 5.15. The van der Waals surface area contributed by atoms with E-state index in [1.165, 1.54) is 44.5 Å². The fourth-order valence-corrected chi connectivity index (χ4v) is 2.86. The van der Waals surface area contributed by atoms with Gasteiger partial charge in [-0.1, -0.05) is 11.9 Å². The number of hydrogen-bond donors (Lipinski definition) is 1. The molecule has 2 saturated heterocycles. The van der Waals surface area contributed by atoms with E-state index in [-0.39, 0.29) is 0 Å². The van der Waals surface area contributed by atoms with Crippen molar-refractivity contribution < 1.29 is 0 Å². The van der Waals surface area contributed by atoms with Crippen LogP contribution >= 0.6 is 11.9 Å². The van der Waals surface area contributed by atoms with E-state index in [1.54, 1.807) is 0 Å². The zero-order valence-electron chi connectivity index (χ0n) is 9.15. The van der Waals surface area contributed by atoms with Crippen LogP contribution in [0.2, 0.25) is 0 Å². The lowest BCUT2D eigenvalue weighted by Gasteiger charge is -2.46. The van der Waals surface area contributed by atoms with Gasteiger partial charge in [-0.25, -0.2) is 0 Å². The van der Waals surface area contributed by atoms with Crippen LogP contribution in [-0.2, 0) is 0 Å². The summed E-state index contributed by atoms with van der Waals surface area (Å²) >= 11 is 1.54. The minimum absolute atomic E-state index is 0.683. The van der Waals surface area contributed by atoms with Gasteiger partial charge in [0.15, 0.2) is 0 Å². The van der Waals surface area contributed by atoms with E-state index in [2.05, 4.69) is 23.6 Å². The van der Waals surface area contributed by atoms with Crippen LogP contribution in [0.4, 0.5) is 0 Å². The number of rotatable bonds is 3. The third-order valence-electron chi connectivity index (χ3n) is 3.51. The van der Waals surface area contributed by atoms with E-state index >= 15 is 0 Å². The van der Waals surface area contributed by atoms with Gasteiger partial charge < -0.3 is 0 Å². The van der Waals surface area contributed by atoms with Crippen molar-refractivity contribution in [2.75, 3.05) is 26.2 Å². The zero-order chi connectivity index (χ0) is 10.1. The first-order valence-corrected chi connectivity index (χ1v) is 6.48. The molecule has 1 unspecified atom stereocenters. The summed E-state index contributed by atoms with van der Waals surface area (Å²) in [6.45, 7) is 9.54. The van der Waals surface area contributed by atoms with Crippen molar-refractivity contribution in [2.45, 2.75) is 37.6 Å². The highest BCUT2D eigenvalue weighted by molar-refractivity contribution is 7.97. The van der Waals surface area contributed by atoms with Gasteiger partial charge in [-0.3, -0.25) is 14.9 Å². The molecule has 0 amide bonds. The SMILES string of the molecule is CC(C)N1CC(N2CCC(SN)C2)C1. The maximum absolute atomic E-state index is 5.61. The minimum Gasteiger partial charge on any atom is -0.298 e. The number of hydrogen-bond acceptors (Lipinski definition) is 4. The lowest BCUT2D eigenvalue weighted by Crippen LogP contribution is -2.60. The summed E-state index contributed by atoms with van der Waals surface area (Å²) in [5.41, 5.74) is 0. The lowest BCUT2D eigenvalue weighted by molar-refractivity contribution is 0.0261. The van der Waals surface area contributed by atoms with Gasteiger partial charge >= 0.3 is 0 Å². The molecule has 2 heterocycles. The smallest absolute Gasteiger partial charge is 0.0351 e. The Kier molecular flexibility index (Phi) is 3.37. The number of nitrogens with zero attached hydrogens (tertiary/aromatic N) is 2. The normalized spacial score (nSPS) is 31.3. The van der Waals surface area contributed by atoms with E-state index in [9.17, 15) is 0 Å². The average molecular weight is 215 g/mol. The third kappa shape index (κ3) is 2.08. The van der Waals surface area contributed by atoms with Crippen LogP contribution in [0.5, 0.6) is 0 Å². The van der Waals surface area contributed by atoms with Crippen LogP contribution in [0.1, 0.15) is 20.3 Å². The van der Waals surface area contributed by atoms with Crippen molar-refractivity contribution in [1.29, 1.82) is 0 Å². The molecule has 0 aromatic heterocycles. The lowest BCUT2D eigenvalue weighted by atomic mass is 10.1. The van der Waals surface area contributed by atoms with Crippen molar-refractivity contribution in [3.8, 4) is 0 Å². The Balaban J connectivity index is 1.73. The topological polar surface area (TPSA) is 32.5 Å². The Morgan fingerprint density at radius 2 is 2.00 bits per heavy atom. The van der Waals surface area contributed by atoms with E-state index in [4.69, 9.17) is 5.14 Å². The maximum atomic E-state index is 5.61. The second kappa shape index (κ2) is 4.39. The Bertz CT molecular complexity index is 192. The molecule has 2 aliphatic heterocycles. The van der Waals surface area contributed by atoms with Crippen LogP contribution in [0.3, 0.4) is 0 Å². The largest absolute Gasteiger partial charge is 0.298 e. The molecule has 2 N–H and O–H groups in total. The Morgan fingerprint density at radius 1 is 1.29 bits per heavy atom. The van der Waals surface area contributed by atoms with Gasteiger partial charge in [0.2, 0.25) is 0 Å². The molecule has 3 nitrogen and oxygen atoms in total. The minimum atomic E-state index is 0.683. The molecule has 0 radical (unpaired) electrons. The van der Waals surface area contributed by atoms with Crippen LogP contribution in [0.15, 0.2) is 0 Å². The summed E-state index contributed by atoms with van der Waals surface area (Å²) in [5, 5.41) is 6.29. The van der Waals surface area contributed by atoms with Crippen molar-refractivity contribution in [3.05, 3.63) is 0 Å². The molecular weight excluding hydrogens is 194 g/mol. The first-order valence-electron chi connectivity index (χ1n) is 5.54. The van der Waals surface area contributed by atoms with Crippen LogP contribution < -0.4 is 5.14 Å². The summed E-state index contributed by atoms with van der Waals surface area (Å²) in [5.74, 6) is 0. The molecule has 0 bridgehead atoms. The average Bonchev–Trinajstić information content (AvgIpc) is 2.49. The highest BCUT2D eigenvalue weighted by Crippen LogP contribution is 2.25. The van der Waals surface area contributed by atoms with Crippen LogP contribution in [0, 0.1) is 0 Å². The van der Waals surface area contributed by atoms with Gasteiger partial charge in [0, 0.05) is 37.0 Å². The van der Waals surface area contributed by atoms with Crippen LogP contribution in [0.25, 0.3) is 0 Å². The Labute approximate surface area is 91.1 Å². The highest BCUT2D eigenvalue weighted by atomic mass is 32.2. The fourth-order valence-electron chi connectivity index (χ4n) is 2.34. The monoisotopic (exact) mass is 215 g/mol.